The summed E-state index contributed by atoms with van der Waals surface area (Å²) in [5.74, 6) is 0. The maximum Gasteiger partial charge on any atom is 0.208 e. The van der Waals surface area contributed by atoms with Crippen LogP contribution in [0.25, 0.3) is 0 Å². The molecule has 0 heterocycles. The molecule has 15 heavy (non-hydrogen) atoms. The predicted octanol–water partition coefficient (Wildman–Crippen LogP) is 1.93. The molecular weight excluding hydrogens is 278 g/mol. The van der Waals surface area contributed by atoms with Gasteiger partial charge in [-0.2, -0.15) is 0 Å². The van der Waals surface area contributed by atoms with Gasteiger partial charge in [-0.15, -0.1) is 0 Å². The molecule has 0 aromatic heterocycles. The van der Waals surface area contributed by atoms with E-state index in [0.717, 1.165) is 17.3 Å². The summed E-state index contributed by atoms with van der Waals surface area (Å²) in [5, 5.41) is 0. The van der Waals surface area contributed by atoms with E-state index in [1.54, 1.807) is 0 Å². The minimum absolute atomic E-state index is 0.491. The Labute approximate surface area is 99.1 Å². The number of nitrogens with one attached hydrogen (secondary N) is 1. The zero-order valence-corrected chi connectivity index (χ0v) is 10.9. The molecule has 0 unspecified atom stereocenters. The summed E-state index contributed by atoms with van der Waals surface area (Å²) < 4.78 is 25.1. The second kappa shape index (κ2) is 5.63. The van der Waals surface area contributed by atoms with E-state index in [9.17, 15) is 8.42 Å². The van der Waals surface area contributed by atoms with Crippen molar-refractivity contribution in [2.24, 2.45) is 0 Å². The number of rotatable bonds is 5. The Hall–Kier alpha value is -0.390. The van der Waals surface area contributed by atoms with Crippen LogP contribution in [0.1, 0.15) is 12.0 Å². The lowest BCUT2D eigenvalue weighted by Gasteiger charge is -2.03. The molecule has 0 aliphatic rings. The van der Waals surface area contributed by atoms with Gasteiger partial charge in [0.25, 0.3) is 0 Å². The Balaban J connectivity index is 2.32. The van der Waals surface area contributed by atoms with E-state index in [0.29, 0.717) is 6.54 Å². The molecule has 5 heteroatoms. The molecule has 0 fully saturated rings. The average Bonchev–Trinajstić information content (AvgIpc) is 2.11. The van der Waals surface area contributed by atoms with E-state index in [1.807, 2.05) is 24.3 Å². The molecule has 0 bridgehead atoms. The highest BCUT2D eigenvalue weighted by Crippen LogP contribution is 2.12. The molecule has 1 rings (SSSR count). The van der Waals surface area contributed by atoms with Gasteiger partial charge in [-0.3, -0.25) is 0 Å². The fourth-order valence-corrected chi connectivity index (χ4v) is 2.20. The summed E-state index contributed by atoms with van der Waals surface area (Å²) in [6, 6.07) is 8.02. The Bertz CT molecular complexity index is 417. The number of benzene rings is 1. The maximum atomic E-state index is 10.8. The largest absolute Gasteiger partial charge is 0.215 e. The van der Waals surface area contributed by atoms with Gasteiger partial charge in [0, 0.05) is 11.0 Å². The molecule has 1 aromatic carbocycles. The van der Waals surface area contributed by atoms with Gasteiger partial charge >= 0.3 is 0 Å². The second-order valence-electron chi connectivity index (χ2n) is 3.40. The second-order valence-corrected chi connectivity index (χ2v) is 6.15. The third kappa shape index (κ3) is 5.92. The molecule has 0 aliphatic heterocycles. The summed E-state index contributed by atoms with van der Waals surface area (Å²) in [7, 11) is -3.05. The molecule has 1 N–H and O–H groups in total. The summed E-state index contributed by atoms with van der Waals surface area (Å²) in [6.45, 7) is 0.491. The first-order valence-electron chi connectivity index (χ1n) is 4.66. The number of halogens is 1. The molecule has 0 radical (unpaired) electrons. The Morgan fingerprint density at radius 3 is 2.73 bits per heavy atom. The van der Waals surface area contributed by atoms with Crippen LogP contribution in [0.5, 0.6) is 0 Å². The van der Waals surface area contributed by atoms with Crippen molar-refractivity contribution in [1.82, 2.24) is 4.72 Å². The van der Waals surface area contributed by atoms with Gasteiger partial charge in [-0.05, 0) is 30.5 Å². The van der Waals surface area contributed by atoms with Crippen molar-refractivity contribution >= 4 is 26.0 Å². The smallest absolute Gasteiger partial charge is 0.208 e. The van der Waals surface area contributed by atoms with Gasteiger partial charge in [-0.1, -0.05) is 28.1 Å². The van der Waals surface area contributed by atoms with E-state index in [4.69, 9.17) is 0 Å². The molecule has 0 saturated heterocycles. The van der Waals surface area contributed by atoms with Crippen LogP contribution in [-0.4, -0.2) is 21.2 Å². The Morgan fingerprint density at radius 1 is 1.40 bits per heavy atom. The third-order valence-electron chi connectivity index (χ3n) is 1.90. The molecule has 3 nitrogen and oxygen atoms in total. The van der Waals surface area contributed by atoms with Crippen LogP contribution < -0.4 is 4.72 Å². The zero-order valence-electron chi connectivity index (χ0n) is 8.53. The third-order valence-corrected chi connectivity index (χ3v) is 3.12. The molecular formula is C10H14BrNO2S. The lowest BCUT2D eigenvalue weighted by atomic mass is 10.1. The van der Waals surface area contributed by atoms with Crippen LogP contribution in [0, 0.1) is 0 Å². The van der Waals surface area contributed by atoms with Crippen LogP contribution >= 0.6 is 15.9 Å². The fourth-order valence-electron chi connectivity index (χ4n) is 1.24. The molecule has 0 atom stereocenters. The minimum atomic E-state index is -3.05. The highest BCUT2D eigenvalue weighted by Gasteiger charge is 1.99. The molecule has 1 aromatic rings. The molecule has 0 saturated carbocycles. The quantitative estimate of drug-likeness (QED) is 0.843. The van der Waals surface area contributed by atoms with Gasteiger partial charge in [-0.25, -0.2) is 13.1 Å². The maximum absolute atomic E-state index is 10.8. The number of hydrogen-bond acceptors (Lipinski definition) is 2. The number of aryl methyl sites for hydroxylation is 1. The summed E-state index contributed by atoms with van der Waals surface area (Å²) in [4.78, 5) is 0. The molecule has 0 amide bonds. The van der Waals surface area contributed by atoms with Gasteiger partial charge in [0.15, 0.2) is 0 Å². The van der Waals surface area contributed by atoms with Crippen molar-refractivity contribution in [2.45, 2.75) is 12.8 Å². The van der Waals surface area contributed by atoms with Crippen molar-refractivity contribution in [2.75, 3.05) is 12.8 Å². The SMILES string of the molecule is CS(=O)(=O)NCCCc1cccc(Br)c1. The van der Waals surface area contributed by atoms with Crippen molar-refractivity contribution < 1.29 is 8.42 Å². The minimum Gasteiger partial charge on any atom is -0.215 e. The number of hydrogen-bond donors (Lipinski definition) is 1. The van der Waals surface area contributed by atoms with E-state index in [-0.39, 0.29) is 0 Å². The van der Waals surface area contributed by atoms with Gasteiger partial charge in [0.05, 0.1) is 6.26 Å². The summed E-state index contributed by atoms with van der Waals surface area (Å²) in [6.07, 6.45) is 2.86. The normalized spacial score (nSPS) is 11.6. The lowest BCUT2D eigenvalue weighted by molar-refractivity contribution is 0.585. The van der Waals surface area contributed by atoms with Crippen LogP contribution in [0.3, 0.4) is 0 Å². The first kappa shape index (κ1) is 12.7. The van der Waals surface area contributed by atoms with Crippen LogP contribution in [0.4, 0.5) is 0 Å². The molecule has 84 valence electrons. The van der Waals surface area contributed by atoms with E-state index in [2.05, 4.69) is 20.7 Å². The van der Waals surface area contributed by atoms with Crippen molar-refractivity contribution in [1.29, 1.82) is 0 Å². The molecule has 0 spiro atoms. The highest BCUT2D eigenvalue weighted by atomic mass is 79.9. The van der Waals surface area contributed by atoms with Crippen LogP contribution in [0.15, 0.2) is 28.7 Å². The molecule has 0 aliphatic carbocycles. The topological polar surface area (TPSA) is 46.2 Å². The zero-order chi connectivity index (χ0) is 11.3. The van der Waals surface area contributed by atoms with Crippen molar-refractivity contribution in [3.05, 3.63) is 34.3 Å². The highest BCUT2D eigenvalue weighted by molar-refractivity contribution is 9.10. The number of sulfonamides is 1. The van der Waals surface area contributed by atoms with E-state index < -0.39 is 10.0 Å². The van der Waals surface area contributed by atoms with Gasteiger partial charge < -0.3 is 0 Å². The van der Waals surface area contributed by atoms with Crippen LogP contribution in [-0.2, 0) is 16.4 Å². The monoisotopic (exact) mass is 291 g/mol. The average molecular weight is 292 g/mol. The Kier molecular flexibility index (Phi) is 4.76. The first-order chi connectivity index (χ1) is 6.97. The lowest BCUT2D eigenvalue weighted by Crippen LogP contribution is -2.23. The van der Waals surface area contributed by atoms with Crippen LogP contribution in [0.2, 0.25) is 0 Å². The van der Waals surface area contributed by atoms with E-state index in [1.165, 1.54) is 11.8 Å². The van der Waals surface area contributed by atoms with E-state index >= 15 is 0 Å². The Morgan fingerprint density at radius 2 is 2.13 bits per heavy atom. The standard InChI is InChI=1S/C10H14BrNO2S/c1-15(13,14)12-7-3-5-9-4-2-6-10(11)8-9/h2,4,6,8,12H,3,5,7H2,1H3. The van der Waals surface area contributed by atoms with Crippen molar-refractivity contribution in [3.8, 4) is 0 Å². The fraction of sp³-hybridized carbons (Fsp3) is 0.400. The summed E-state index contributed by atoms with van der Waals surface area (Å²) >= 11 is 3.39. The van der Waals surface area contributed by atoms with Crippen molar-refractivity contribution in [3.63, 3.8) is 0 Å². The summed E-state index contributed by atoms with van der Waals surface area (Å²) in [5.41, 5.74) is 1.21. The van der Waals surface area contributed by atoms with Gasteiger partial charge in [0.2, 0.25) is 10.0 Å². The van der Waals surface area contributed by atoms with Gasteiger partial charge in [0.1, 0.15) is 0 Å². The predicted molar refractivity (Wildman–Crippen MR) is 65.3 cm³/mol. The first-order valence-corrected chi connectivity index (χ1v) is 7.35.